The average molecular weight is 337 g/mol. The lowest BCUT2D eigenvalue weighted by Gasteiger charge is -2.24. The van der Waals surface area contributed by atoms with Crippen molar-refractivity contribution in [3.05, 3.63) is 0 Å². The number of hydrogen-bond acceptors (Lipinski definition) is 4. The lowest BCUT2D eigenvalue weighted by molar-refractivity contribution is -0.129. The van der Waals surface area contributed by atoms with Crippen molar-refractivity contribution in [3.63, 3.8) is 0 Å². The van der Waals surface area contributed by atoms with Crippen LogP contribution in [-0.2, 0) is 14.9 Å². The number of halogens is 3. The fraction of sp³-hybridized carbons (Fsp3) is 0.900. The minimum atomic E-state index is -4.22. The minimum absolute atomic E-state index is 0.0164. The highest BCUT2D eigenvalue weighted by molar-refractivity contribution is 7.99. The zero-order valence-electron chi connectivity index (χ0n) is 11.2. The zero-order valence-corrected chi connectivity index (χ0v) is 12.8. The highest BCUT2D eigenvalue weighted by Gasteiger charge is 2.27. The van der Waals surface area contributed by atoms with Gasteiger partial charge in [0.1, 0.15) is 0 Å². The largest absolute Gasteiger partial charge is 0.389 e. The van der Waals surface area contributed by atoms with Crippen LogP contribution in [0.3, 0.4) is 0 Å². The van der Waals surface area contributed by atoms with Gasteiger partial charge in [-0.25, -0.2) is 0 Å². The van der Waals surface area contributed by atoms with E-state index in [9.17, 15) is 26.4 Å². The van der Waals surface area contributed by atoms with E-state index in [1.807, 2.05) is 0 Å². The van der Waals surface area contributed by atoms with Crippen LogP contribution in [0, 0.1) is 0 Å². The molecule has 1 amide bonds. The molecule has 0 aromatic carbocycles. The number of nitrogens with one attached hydrogen (secondary N) is 1. The van der Waals surface area contributed by atoms with Crippen LogP contribution in [0.15, 0.2) is 0 Å². The van der Waals surface area contributed by atoms with Gasteiger partial charge in [-0.1, -0.05) is 0 Å². The van der Waals surface area contributed by atoms with Crippen molar-refractivity contribution in [2.24, 2.45) is 0 Å². The first-order valence-electron chi connectivity index (χ1n) is 5.71. The number of carbonyl (C=O) groups excluding carboxylic acids is 1. The first-order valence-corrected chi connectivity index (χ1v) is 8.48. The maximum Gasteiger partial charge on any atom is 0.389 e. The quantitative estimate of drug-likeness (QED) is 0.522. The van der Waals surface area contributed by atoms with Crippen LogP contribution in [0.1, 0.15) is 26.7 Å². The van der Waals surface area contributed by atoms with Crippen LogP contribution in [0.2, 0.25) is 0 Å². The van der Waals surface area contributed by atoms with Crippen LogP contribution >= 0.6 is 11.8 Å². The molecule has 120 valence electrons. The normalized spacial score (nSPS) is 13.3. The molecule has 0 fully saturated rings. The van der Waals surface area contributed by atoms with Gasteiger partial charge in [-0.15, -0.1) is 0 Å². The van der Waals surface area contributed by atoms with Crippen LogP contribution in [-0.4, -0.2) is 47.9 Å². The van der Waals surface area contributed by atoms with Gasteiger partial charge in [0.15, 0.2) is 0 Å². The number of amides is 1. The predicted molar refractivity (Wildman–Crippen MR) is 71.3 cm³/mol. The number of thioether (sulfide) groups is 1. The lowest BCUT2D eigenvalue weighted by atomic mass is 10.1. The molecular weight excluding hydrogens is 319 g/mol. The molecule has 0 radical (unpaired) electrons. The SMILES string of the molecule is CC(C)(CS(=O)(=O)O)NC(=O)CCSCCC(F)(F)F. The van der Waals surface area contributed by atoms with E-state index < -0.39 is 39.9 Å². The smallest absolute Gasteiger partial charge is 0.350 e. The van der Waals surface area contributed by atoms with E-state index in [1.54, 1.807) is 0 Å². The Morgan fingerprint density at radius 1 is 1.25 bits per heavy atom. The van der Waals surface area contributed by atoms with Crippen LogP contribution in [0.25, 0.3) is 0 Å². The van der Waals surface area contributed by atoms with Gasteiger partial charge in [0.05, 0.1) is 17.7 Å². The molecule has 5 nitrogen and oxygen atoms in total. The Hall–Kier alpha value is -0.480. The van der Waals surface area contributed by atoms with Crippen molar-refractivity contribution in [1.29, 1.82) is 0 Å². The summed E-state index contributed by atoms with van der Waals surface area (Å²) in [5.41, 5.74) is -1.14. The summed E-state index contributed by atoms with van der Waals surface area (Å²) >= 11 is 0.999. The molecule has 0 aliphatic carbocycles. The van der Waals surface area contributed by atoms with Crippen molar-refractivity contribution >= 4 is 27.8 Å². The van der Waals surface area contributed by atoms with E-state index in [-0.39, 0.29) is 17.9 Å². The lowest BCUT2D eigenvalue weighted by Crippen LogP contribution is -2.48. The fourth-order valence-electron chi connectivity index (χ4n) is 1.39. The Morgan fingerprint density at radius 2 is 1.80 bits per heavy atom. The average Bonchev–Trinajstić information content (AvgIpc) is 2.09. The van der Waals surface area contributed by atoms with Gasteiger partial charge in [-0.3, -0.25) is 9.35 Å². The highest BCUT2D eigenvalue weighted by atomic mass is 32.2. The molecule has 0 bridgehead atoms. The molecule has 0 spiro atoms. The predicted octanol–water partition coefficient (Wildman–Crippen LogP) is 1.84. The topological polar surface area (TPSA) is 83.5 Å². The Morgan fingerprint density at radius 3 is 2.25 bits per heavy atom. The van der Waals surface area contributed by atoms with Crippen LogP contribution in [0.5, 0.6) is 0 Å². The summed E-state index contributed by atoms with van der Waals surface area (Å²) in [5, 5.41) is 2.41. The second-order valence-corrected chi connectivity index (χ2v) is 7.56. The molecule has 0 aliphatic heterocycles. The second kappa shape index (κ2) is 7.51. The first kappa shape index (κ1) is 19.5. The van der Waals surface area contributed by atoms with Crippen LogP contribution in [0.4, 0.5) is 13.2 Å². The van der Waals surface area contributed by atoms with E-state index in [4.69, 9.17) is 4.55 Å². The van der Waals surface area contributed by atoms with E-state index in [2.05, 4.69) is 5.32 Å². The summed E-state index contributed by atoms with van der Waals surface area (Å²) in [6.45, 7) is 2.85. The van der Waals surface area contributed by atoms with E-state index in [0.717, 1.165) is 11.8 Å². The number of alkyl halides is 3. The Bertz CT molecular complexity index is 421. The number of carbonyl (C=O) groups is 1. The third-order valence-corrected chi connectivity index (χ3v) is 4.10. The molecule has 0 rings (SSSR count). The van der Waals surface area contributed by atoms with Gasteiger partial charge in [0.25, 0.3) is 10.1 Å². The summed E-state index contributed by atoms with van der Waals surface area (Å²) in [5.74, 6) is -1.01. The Balaban J connectivity index is 3.94. The van der Waals surface area contributed by atoms with Gasteiger partial charge in [0.2, 0.25) is 5.91 Å². The van der Waals surface area contributed by atoms with E-state index >= 15 is 0 Å². The van der Waals surface area contributed by atoms with Gasteiger partial charge < -0.3 is 5.32 Å². The summed E-state index contributed by atoms with van der Waals surface area (Å²) < 4.78 is 65.7. The monoisotopic (exact) mass is 337 g/mol. The Labute approximate surface area is 120 Å². The van der Waals surface area contributed by atoms with Gasteiger partial charge >= 0.3 is 6.18 Å². The third kappa shape index (κ3) is 12.5. The molecule has 0 aromatic heterocycles. The molecule has 0 saturated heterocycles. The van der Waals surface area contributed by atoms with Crippen molar-refractivity contribution < 1.29 is 30.9 Å². The molecule has 0 unspecified atom stereocenters. The molecular formula is C10H18F3NO4S2. The second-order valence-electron chi connectivity index (χ2n) is 4.89. The summed E-state index contributed by atoms with van der Waals surface area (Å²) in [6.07, 6.45) is -5.13. The molecule has 0 heterocycles. The molecule has 0 aromatic rings. The maximum absolute atomic E-state index is 11.8. The molecule has 0 saturated carbocycles. The van der Waals surface area contributed by atoms with Gasteiger partial charge in [-0.05, 0) is 13.8 Å². The summed E-state index contributed by atoms with van der Waals surface area (Å²) in [4.78, 5) is 11.5. The molecule has 0 atom stereocenters. The van der Waals surface area contributed by atoms with Gasteiger partial charge in [-0.2, -0.15) is 33.4 Å². The summed E-state index contributed by atoms with van der Waals surface area (Å²) in [6, 6.07) is 0. The van der Waals surface area contributed by atoms with Crippen molar-refractivity contribution in [1.82, 2.24) is 5.32 Å². The first-order chi connectivity index (χ1) is 8.81. The number of hydrogen-bond donors (Lipinski definition) is 2. The minimum Gasteiger partial charge on any atom is -0.350 e. The van der Waals surface area contributed by atoms with Crippen molar-refractivity contribution in [2.45, 2.75) is 38.4 Å². The van der Waals surface area contributed by atoms with Crippen molar-refractivity contribution in [2.75, 3.05) is 17.3 Å². The van der Waals surface area contributed by atoms with E-state index in [0.29, 0.717) is 0 Å². The fourth-order valence-corrected chi connectivity index (χ4v) is 3.28. The van der Waals surface area contributed by atoms with Gasteiger partial charge in [0, 0.05) is 17.9 Å². The molecule has 10 heteroatoms. The highest BCUT2D eigenvalue weighted by Crippen LogP contribution is 2.22. The third-order valence-electron chi connectivity index (χ3n) is 2.02. The molecule has 20 heavy (non-hydrogen) atoms. The van der Waals surface area contributed by atoms with Crippen molar-refractivity contribution in [3.8, 4) is 0 Å². The van der Waals surface area contributed by atoms with E-state index in [1.165, 1.54) is 13.8 Å². The standard InChI is InChI=1S/C10H18F3NO4S2/c1-9(2,7-20(16,17)18)14-8(15)3-5-19-6-4-10(11,12)13/h3-7H2,1-2H3,(H,14,15)(H,16,17,18). The maximum atomic E-state index is 11.8. The summed E-state index contributed by atoms with van der Waals surface area (Å²) in [7, 11) is -4.22. The number of rotatable bonds is 8. The Kier molecular flexibility index (Phi) is 7.33. The zero-order chi connectivity index (χ0) is 16.0. The van der Waals surface area contributed by atoms with Crippen LogP contribution < -0.4 is 5.32 Å². The molecule has 2 N–H and O–H groups in total. The molecule has 0 aliphatic rings.